The summed E-state index contributed by atoms with van der Waals surface area (Å²) in [4.78, 5) is 20.1. The molecule has 0 amide bonds. The fourth-order valence-corrected chi connectivity index (χ4v) is 2.20. The van der Waals surface area contributed by atoms with Gasteiger partial charge in [0.25, 0.3) is 0 Å². The van der Waals surface area contributed by atoms with Gasteiger partial charge in [-0.2, -0.15) is 0 Å². The van der Waals surface area contributed by atoms with Crippen LogP contribution in [-0.4, -0.2) is 38.1 Å². The quantitative estimate of drug-likeness (QED) is 0.309. The molecule has 0 aliphatic heterocycles. The van der Waals surface area contributed by atoms with E-state index in [9.17, 15) is 19.8 Å². The zero-order valence-electron chi connectivity index (χ0n) is 17.2. The molecule has 4 nitrogen and oxygen atoms in total. The van der Waals surface area contributed by atoms with E-state index in [0.29, 0.717) is 10.8 Å². The van der Waals surface area contributed by atoms with Crippen LogP contribution in [0.15, 0.2) is 0 Å². The van der Waals surface area contributed by atoms with Crippen LogP contribution >= 0.6 is 0 Å². The fraction of sp³-hybridized carbons (Fsp3) is 0.900. The van der Waals surface area contributed by atoms with Crippen molar-refractivity contribution in [2.75, 3.05) is 0 Å². The SMILES string of the molecule is CC(C)(C)CCCCCC(=O)[O-].CC(C)(C)CCCCCC(=O)[O-].[BiH+2]. The molecular weight excluding hydrogens is 513 g/mol. The van der Waals surface area contributed by atoms with Crippen LogP contribution in [-0.2, 0) is 9.59 Å². The van der Waals surface area contributed by atoms with E-state index in [1.807, 2.05) is 0 Å². The molecule has 2 radical (unpaired) electrons. The molecule has 0 spiro atoms. The van der Waals surface area contributed by atoms with Crippen LogP contribution in [0.5, 0.6) is 0 Å². The van der Waals surface area contributed by atoms with Crippen LogP contribution < -0.4 is 10.2 Å². The van der Waals surface area contributed by atoms with Crippen molar-refractivity contribution in [3.05, 3.63) is 0 Å². The van der Waals surface area contributed by atoms with Gasteiger partial charge in [0.1, 0.15) is 0 Å². The molecular formula is C20H39BiO4. The van der Waals surface area contributed by atoms with Crippen molar-refractivity contribution in [2.45, 2.75) is 106 Å². The molecule has 25 heavy (non-hydrogen) atoms. The number of carboxylic acid groups (broad SMARTS) is 2. The van der Waals surface area contributed by atoms with Crippen LogP contribution in [0.3, 0.4) is 0 Å². The van der Waals surface area contributed by atoms with Gasteiger partial charge in [-0.15, -0.1) is 0 Å². The number of carboxylic acids is 2. The van der Waals surface area contributed by atoms with Crippen molar-refractivity contribution in [3.8, 4) is 0 Å². The molecule has 148 valence electrons. The fourth-order valence-electron chi connectivity index (χ4n) is 2.20. The zero-order valence-corrected chi connectivity index (χ0v) is 21.1. The van der Waals surface area contributed by atoms with Gasteiger partial charge >= 0.3 is 26.2 Å². The van der Waals surface area contributed by atoms with Gasteiger partial charge in [-0.05, 0) is 49.4 Å². The summed E-state index contributed by atoms with van der Waals surface area (Å²) in [6.45, 7) is 13.2. The summed E-state index contributed by atoms with van der Waals surface area (Å²) in [6, 6.07) is 0. The Morgan fingerprint density at radius 3 is 1.08 bits per heavy atom. The summed E-state index contributed by atoms with van der Waals surface area (Å²) in [5.41, 5.74) is 0.753. The van der Waals surface area contributed by atoms with Crippen molar-refractivity contribution in [1.29, 1.82) is 0 Å². The molecule has 0 heterocycles. The van der Waals surface area contributed by atoms with Gasteiger partial charge < -0.3 is 19.8 Å². The Morgan fingerprint density at radius 2 is 0.880 bits per heavy atom. The van der Waals surface area contributed by atoms with Gasteiger partial charge in [-0.3, -0.25) is 0 Å². The molecule has 0 saturated heterocycles. The molecule has 0 aliphatic carbocycles. The predicted molar refractivity (Wildman–Crippen MR) is 102 cm³/mol. The van der Waals surface area contributed by atoms with Crippen LogP contribution in [0.25, 0.3) is 0 Å². The molecule has 0 aromatic heterocycles. The minimum atomic E-state index is -0.925. The third kappa shape index (κ3) is 35.7. The van der Waals surface area contributed by atoms with E-state index in [4.69, 9.17) is 0 Å². The maximum atomic E-state index is 10.0. The summed E-state index contributed by atoms with van der Waals surface area (Å²) in [5, 5.41) is 20.1. The van der Waals surface area contributed by atoms with E-state index in [-0.39, 0.29) is 39.0 Å². The van der Waals surface area contributed by atoms with Crippen molar-refractivity contribution in [1.82, 2.24) is 0 Å². The van der Waals surface area contributed by atoms with Crippen LogP contribution in [0.2, 0.25) is 0 Å². The first-order chi connectivity index (χ1) is 10.8. The third-order valence-corrected chi connectivity index (χ3v) is 3.62. The minimum absolute atomic E-state index is 0. The molecule has 0 unspecified atom stereocenters. The number of carbonyl (C=O) groups excluding carboxylic acids is 2. The molecule has 0 aromatic rings. The Morgan fingerprint density at radius 1 is 0.600 bits per heavy atom. The molecule has 0 aromatic carbocycles. The number of unbranched alkanes of at least 4 members (excludes halogenated alkanes) is 4. The van der Waals surface area contributed by atoms with Crippen molar-refractivity contribution >= 4 is 38.1 Å². The van der Waals surface area contributed by atoms with E-state index in [0.717, 1.165) is 38.5 Å². The normalized spacial score (nSPS) is 11.1. The van der Waals surface area contributed by atoms with Gasteiger partial charge in [0, 0.05) is 11.9 Å². The molecule has 0 N–H and O–H groups in total. The number of carbonyl (C=O) groups is 2. The molecule has 0 saturated carbocycles. The van der Waals surface area contributed by atoms with E-state index in [2.05, 4.69) is 41.5 Å². The summed E-state index contributed by atoms with van der Waals surface area (Å²) in [6.07, 6.45) is 8.54. The average Bonchev–Trinajstić information content (AvgIpc) is 2.35. The van der Waals surface area contributed by atoms with Gasteiger partial charge in [0.15, 0.2) is 0 Å². The van der Waals surface area contributed by atoms with E-state index < -0.39 is 11.9 Å². The molecule has 0 bridgehead atoms. The van der Waals surface area contributed by atoms with Crippen LogP contribution in [0.1, 0.15) is 106 Å². The summed E-state index contributed by atoms with van der Waals surface area (Å²) in [7, 11) is 0. The Balaban J connectivity index is -0.000000372. The molecule has 0 aliphatic rings. The Kier molecular flexibility index (Phi) is 19.0. The molecule has 0 atom stereocenters. The number of aliphatic carboxylic acids is 2. The van der Waals surface area contributed by atoms with E-state index in [1.54, 1.807) is 0 Å². The number of hydrogen-bond acceptors (Lipinski definition) is 4. The Hall–Kier alpha value is -0.177. The average molecular weight is 553 g/mol. The topological polar surface area (TPSA) is 80.3 Å². The van der Waals surface area contributed by atoms with Gasteiger partial charge in [-0.25, -0.2) is 0 Å². The first kappa shape index (κ1) is 29.6. The first-order valence-electron chi connectivity index (χ1n) is 9.23. The zero-order chi connectivity index (χ0) is 19.2. The second-order valence-corrected chi connectivity index (χ2v) is 8.99. The van der Waals surface area contributed by atoms with Crippen molar-refractivity contribution in [2.24, 2.45) is 10.8 Å². The van der Waals surface area contributed by atoms with E-state index >= 15 is 0 Å². The maximum absolute atomic E-state index is 10.0. The van der Waals surface area contributed by atoms with Crippen molar-refractivity contribution in [3.63, 3.8) is 0 Å². The second kappa shape index (κ2) is 16.0. The monoisotopic (exact) mass is 552 g/mol. The summed E-state index contributed by atoms with van der Waals surface area (Å²) in [5.74, 6) is -1.85. The summed E-state index contributed by atoms with van der Waals surface area (Å²) >= 11 is 0. The number of hydrogen-bond donors (Lipinski definition) is 0. The molecule has 0 rings (SSSR count). The van der Waals surface area contributed by atoms with Crippen LogP contribution in [0, 0.1) is 10.8 Å². The first-order valence-corrected chi connectivity index (χ1v) is 9.23. The van der Waals surface area contributed by atoms with Gasteiger partial charge in [-0.1, -0.05) is 67.2 Å². The van der Waals surface area contributed by atoms with Gasteiger partial charge in [0.05, 0.1) is 0 Å². The Labute approximate surface area is 174 Å². The molecule has 0 fully saturated rings. The van der Waals surface area contributed by atoms with Crippen molar-refractivity contribution < 1.29 is 19.8 Å². The predicted octanol–water partition coefficient (Wildman–Crippen LogP) is 2.82. The van der Waals surface area contributed by atoms with E-state index in [1.165, 1.54) is 12.8 Å². The van der Waals surface area contributed by atoms with Gasteiger partial charge in [0.2, 0.25) is 0 Å². The molecule has 5 heteroatoms. The standard InChI is InChI=1S/2C10H20O2.Bi.H/c2*1-10(2,3)8-6-4-5-7-9(11)12;;/h2*4-8H2,1-3H3,(H,11,12);;/q;;+2;/p-2. The summed E-state index contributed by atoms with van der Waals surface area (Å²) < 4.78 is 0. The Bertz CT molecular complexity index is 307. The second-order valence-electron chi connectivity index (χ2n) is 8.99. The van der Waals surface area contributed by atoms with Crippen LogP contribution in [0.4, 0.5) is 0 Å². The number of rotatable bonds is 10. The third-order valence-electron chi connectivity index (χ3n) is 3.62.